The molecule has 0 radical (unpaired) electrons. The molecule has 1 heterocycles. The third-order valence-corrected chi connectivity index (χ3v) is 5.50. The molecule has 3 atom stereocenters. The third-order valence-electron chi connectivity index (χ3n) is 5.13. The van der Waals surface area contributed by atoms with Crippen LogP contribution in [-0.2, 0) is 11.4 Å². The number of Topliss-reactive ketones (excluding diaryl/α,β-unsaturated/α-hetero) is 1. The van der Waals surface area contributed by atoms with Crippen molar-refractivity contribution in [3.8, 4) is 11.5 Å². The van der Waals surface area contributed by atoms with Gasteiger partial charge in [-0.2, -0.15) is 13.2 Å². The predicted octanol–water partition coefficient (Wildman–Crippen LogP) is 3.74. The molecule has 0 aromatic heterocycles. The van der Waals surface area contributed by atoms with E-state index in [1.54, 1.807) is 24.3 Å². The molecule has 11 heteroatoms. The first-order valence-electron chi connectivity index (χ1n) is 9.40. The van der Waals surface area contributed by atoms with Crippen molar-refractivity contribution >= 4 is 23.4 Å². The van der Waals surface area contributed by atoms with Crippen LogP contribution in [0.15, 0.2) is 42.5 Å². The van der Waals surface area contributed by atoms with Crippen LogP contribution in [0.2, 0.25) is 5.02 Å². The molecule has 1 fully saturated rings. The highest BCUT2D eigenvalue weighted by Gasteiger charge is 2.65. The Bertz CT molecular complexity index is 1030. The number of amides is 2. The number of carbonyl (C=O) groups is 2. The molecule has 0 spiro atoms. The van der Waals surface area contributed by atoms with Gasteiger partial charge in [0.1, 0.15) is 12.4 Å². The standard InChI is InChI=1S/C21H20ClF3N2O5/c1-11(28)17-18(26-19(29)27-20(17,30)21(23,24)25)12-7-8-15(16(9-12)31-2)32-10-13-5-3-4-6-14(13)22/h3-9,17-18,30H,10H2,1-2H3,(H2,26,27,29)/t17-,18+,20-/m1/s1. The van der Waals surface area contributed by atoms with E-state index in [2.05, 4.69) is 5.32 Å². The summed E-state index contributed by atoms with van der Waals surface area (Å²) in [5.41, 5.74) is -2.92. The molecule has 1 saturated heterocycles. The van der Waals surface area contributed by atoms with Crippen LogP contribution in [0.25, 0.3) is 0 Å². The quantitative estimate of drug-likeness (QED) is 0.595. The lowest BCUT2D eigenvalue weighted by atomic mass is 9.79. The molecule has 0 aliphatic carbocycles. The Labute approximate surface area is 186 Å². The van der Waals surface area contributed by atoms with Crippen molar-refractivity contribution in [1.82, 2.24) is 10.6 Å². The number of rotatable bonds is 6. The fourth-order valence-electron chi connectivity index (χ4n) is 3.57. The van der Waals surface area contributed by atoms with Crippen molar-refractivity contribution in [3.63, 3.8) is 0 Å². The number of halogens is 4. The molecular weight excluding hydrogens is 453 g/mol. The second-order valence-corrected chi connectivity index (χ2v) is 7.63. The van der Waals surface area contributed by atoms with E-state index >= 15 is 0 Å². The van der Waals surface area contributed by atoms with E-state index in [0.29, 0.717) is 10.6 Å². The van der Waals surface area contributed by atoms with E-state index in [4.69, 9.17) is 21.1 Å². The summed E-state index contributed by atoms with van der Waals surface area (Å²) in [5, 5.41) is 14.5. The minimum absolute atomic E-state index is 0.101. The van der Waals surface area contributed by atoms with Crippen LogP contribution in [0.3, 0.4) is 0 Å². The van der Waals surface area contributed by atoms with Crippen LogP contribution in [-0.4, -0.2) is 35.9 Å². The van der Waals surface area contributed by atoms with Gasteiger partial charge < -0.3 is 25.2 Å². The van der Waals surface area contributed by atoms with Crippen molar-refractivity contribution in [2.24, 2.45) is 5.92 Å². The molecule has 3 N–H and O–H groups in total. The van der Waals surface area contributed by atoms with E-state index in [1.165, 1.54) is 30.6 Å². The van der Waals surface area contributed by atoms with Crippen LogP contribution in [0.5, 0.6) is 11.5 Å². The predicted molar refractivity (Wildman–Crippen MR) is 108 cm³/mol. The highest BCUT2D eigenvalue weighted by Crippen LogP contribution is 2.44. The lowest BCUT2D eigenvalue weighted by molar-refractivity contribution is -0.290. The van der Waals surface area contributed by atoms with Gasteiger partial charge in [0.25, 0.3) is 0 Å². The highest BCUT2D eigenvalue weighted by molar-refractivity contribution is 6.31. The van der Waals surface area contributed by atoms with E-state index in [9.17, 15) is 27.9 Å². The lowest BCUT2D eigenvalue weighted by Gasteiger charge is -2.44. The fourth-order valence-corrected chi connectivity index (χ4v) is 3.76. The molecule has 1 aliphatic heterocycles. The zero-order valence-electron chi connectivity index (χ0n) is 17.0. The summed E-state index contributed by atoms with van der Waals surface area (Å²) >= 11 is 6.11. The first-order valence-corrected chi connectivity index (χ1v) is 9.78. The monoisotopic (exact) mass is 472 g/mol. The summed E-state index contributed by atoms with van der Waals surface area (Å²) in [6.07, 6.45) is -5.29. The summed E-state index contributed by atoms with van der Waals surface area (Å²) in [5.74, 6) is -2.60. The van der Waals surface area contributed by atoms with E-state index in [0.717, 1.165) is 6.92 Å². The number of methoxy groups -OCH3 is 1. The molecule has 2 amide bonds. The second kappa shape index (κ2) is 8.87. The molecule has 0 saturated carbocycles. The molecular formula is C21H20ClF3N2O5. The third kappa shape index (κ3) is 4.46. The minimum atomic E-state index is -5.29. The zero-order valence-corrected chi connectivity index (χ0v) is 17.8. The van der Waals surface area contributed by atoms with Gasteiger partial charge in [0.2, 0.25) is 5.72 Å². The van der Waals surface area contributed by atoms with Gasteiger partial charge in [-0.1, -0.05) is 35.9 Å². The zero-order chi connectivity index (χ0) is 23.7. The van der Waals surface area contributed by atoms with Crippen LogP contribution in [0, 0.1) is 5.92 Å². The first kappa shape index (κ1) is 23.7. The summed E-state index contributed by atoms with van der Waals surface area (Å²) in [6.45, 7) is 1.01. The van der Waals surface area contributed by atoms with Crippen molar-refractivity contribution in [1.29, 1.82) is 0 Å². The van der Waals surface area contributed by atoms with Crippen LogP contribution >= 0.6 is 11.6 Å². The number of nitrogens with one attached hydrogen (secondary N) is 2. The summed E-state index contributed by atoms with van der Waals surface area (Å²) in [4.78, 5) is 24.1. The van der Waals surface area contributed by atoms with Crippen molar-refractivity contribution in [2.45, 2.75) is 31.5 Å². The van der Waals surface area contributed by atoms with Gasteiger partial charge in [0.05, 0.1) is 19.1 Å². The van der Waals surface area contributed by atoms with Gasteiger partial charge in [-0.15, -0.1) is 0 Å². The Balaban J connectivity index is 1.94. The second-order valence-electron chi connectivity index (χ2n) is 7.22. The summed E-state index contributed by atoms with van der Waals surface area (Å²) in [7, 11) is 1.33. The highest BCUT2D eigenvalue weighted by atomic mass is 35.5. The van der Waals surface area contributed by atoms with Crippen LogP contribution in [0.1, 0.15) is 24.1 Å². The Kier molecular flexibility index (Phi) is 6.56. The van der Waals surface area contributed by atoms with Gasteiger partial charge in [0.15, 0.2) is 11.5 Å². The molecule has 3 rings (SSSR count). The molecule has 0 bridgehead atoms. The van der Waals surface area contributed by atoms with Gasteiger partial charge in [-0.25, -0.2) is 4.79 Å². The lowest BCUT2D eigenvalue weighted by Crippen LogP contribution is -2.72. The van der Waals surface area contributed by atoms with Gasteiger partial charge in [0, 0.05) is 10.6 Å². The number of benzene rings is 2. The van der Waals surface area contributed by atoms with Crippen molar-refractivity contribution < 1.29 is 37.3 Å². The average Bonchev–Trinajstić information content (AvgIpc) is 2.71. The van der Waals surface area contributed by atoms with E-state index in [1.807, 2.05) is 0 Å². The fraction of sp³-hybridized carbons (Fsp3) is 0.333. The van der Waals surface area contributed by atoms with Gasteiger partial charge >= 0.3 is 12.2 Å². The van der Waals surface area contributed by atoms with E-state index < -0.39 is 35.7 Å². The van der Waals surface area contributed by atoms with E-state index in [-0.39, 0.29) is 23.7 Å². The Morgan fingerprint density at radius 3 is 2.50 bits per heavy atom. The number of ether oxygens (including phenoxy) is 2. The Morgan fingerprint density at radius 2 is 1.91 bits per heavy atom. The molecule has 32 heavy (non-hydrogen) atoms. The van der Waals surface area contributed by atoms with Gasteiger partial charge in [-0.3, -0.25) is 4.79 Å². The summed E-state index contributed by atoms with van der Waals surface area (Å²) in [6, 6.07) is 8.43. The summed E-state index contributed by atoms with van der Waals surface area (Å²) < 4.78 is 51.8. The molecule has 7 nitrogen and oxygen atoms in total. The largest absolute Gasteiger partial charge is 0.493 e. The number of hydrogen-bond donors (Lipinski definition) is 3. The molecule has 1 aliphatic rings. The molecule has 2 aromatic carbocycles. The number of aliphatic hydroxyl groups is 1. The first-order chi connectivity index (χ1) is 15.0. The Morgan fingerprint density at radius 1 is 1.22 bits per heavy atom. The maximum absolute atomic E-state index is 13.6. The minimum Gasteiger partial charge on any atom is -0.493 e. The van der Waals surface area contributed by atoms with Gasteiger partial charge in [-0.05, 0) is 30.7 Å². The number of ketones is 1. The topological polar surface area (TPSA) is 96.9 Å². The van der Waals surface area contributed by atoms with Crippen molar-refractivity contribution in [3.05, 3.63) is 58.6 Å². The number of alkyl halides is 3. The normalized spacial score (nSPS) is 23.2. The smallest absolute Gasteiger partial charge is 0.437 e. The maximum atomic E-state index is 13.6. The molecule has 2 aromatic rings. The number of hydrogen-bond acceptors (Lipinski definition) is 5. The average molecular weight is 473 g/mol. The SMILES string of the molecule is COc1cc([C@@H]2NC(=O)N[C@](O)(C(F)(F)F)[C@@H]2C(C)=O)ccc1OCc1ccccc1Cl. The molecule has 0 unspecified atom stereocenters. The van der Waals surface area contributed by atoms with Crippen molar-refractivity contribution in [2.75, 3.05) is 7.11 Å². The molecule has 172 valence electrons. The number of carbonyl (C=O) groups excluding carboxylic acids is 2. The maximum Gasteiger partial charge on any atom is 0.437 e. The van der Waals surface area contributed by atoms with Crippen LogP contribution in [0.4, 0.5) is 18.0 Å². The van der Waals surface area contributed by atoms with Crippen LogP contribution < -0.4 is 20.1 Å². The number of urea groups is 1. The Hall–Kier alpha value is -2.98.